The first-order valence-electron chi connectivity index (χ1n) is 18.3. The third-order valence-corrected chi connectivity index (χ3v) is 13.8. The fourth-order valence-electron chi connectivity index (χ4n) is 11.2. The number of ketones is 1. The molecule has 2 bridgehead atoms. The maximum atomic E-state index is 14.8. The highest BCUT2D eigenvalue weighted by molar-refractivity contribution is 6.10. The summed E-state index contributed by atoms with van der Waals surface area (Å²) >= 11 is 0. The van der Waals surface area contributed by atoms with E-state index in [-0.39, 0.29) is 48.5 Å². The number of hydrogen-bond donors (Lipinski definition) is 2. The number of methoxy groups -OCH3 is 1. The van der Waals surface area contributed by atoms with Crippen molar-refractivity contribution in [2.45, 2.75) is 90.3 Å². The normalized spacial score (nSPS) is 35.9. The van der Waals surface area contributed by atoms with Crippen LogP contribution < -0.4 is 9.47 Å². The molecule has 0 aliphatic heterocycles. The molecule has 2 N–H and O–H groups in total. The summed E-state index contributed by atoms with van der Waals surface area (Å²) in [5.74, 6) is 0.170. The molecule has 0 saturated heterocycles. The van der Waals surface area contributed by atoms with Crippen molar-refractivity contribution in [2.75, 3.05) is 20.3 Å². The van der Waals surface area contributed by atoms with Gasteiger partial charge in [0.25, 0.3) is 0 Å². The first-order chi connectivity index (χ1) is 24.5. The standard InChI is InChI=1S/C41H48F3NO7/c1-5-51-35(48)45(24-26-6-10-30(11-7-26)52-41(42,43)44)25-39(49)19-16-33-37(39,3)18-15-32-36(2)17-14-28(46)22-38(36)20-21-40(32,33)31(23-38)34(47)27-8-12-29(50-4)13-9-27/h6-13,20-21,23,28,32-33,46,49H,5,14-19,22,24-25H2,1-4H3. The minimum absolute atomic E-state index is 0.00584. The van der Waals surface area contributed by atoms with Crippen LogP contribution in [0.5, 0.6) is 11.5 Å². The molecule has 3 fully saturated rings. The van der Waals surface area contributed by atoms with Crippen LogP contribution in [0.25, 0.3) is 0 Å². The van der Waals surface area contributed by atoms with Gasteiger partial charge in [0.05, 0.1) is 32.0 Å². The zero-order chi connectivity index (χ0) is 37.3. The van der Waals surface area contributed by atoms with Gasteiger partial charge in [0.15, 0.2) is 5.78 Å². The maximum Gasteiger partial charge on any atom is 0.573 e. The van der Waals surface area contributed by atoms with Crippen molar-refractivity contribution in [3.63, 3.8) is 0 Å². The molecule has 6 aliphatic rings. The van der Waals surface area contributed by atoms with E-state index in [1.165, 1.54) is 29.2 Å². The zero-order valence-electron chi connectivity index (χ0n) is 30.2. The number of amides is 1. The van der Waals surface area contributed by atoms with Gasteiger partial charge >= 0.3 is 12.5 Å². The molecule has 52 heavy (non-hydrogen) atoms. The number of halogens is 3. The summed E-state index contributed by atoms with van der Waals surface area (Å²) in [4.78, 5) is 29.7. The molecule has 0 radical (unpaired) electrons. The Bertz CT molecular complexity index is 1780. The molecule has 2 spiro atoms. The SMILES string of the molecule is CCOC(=O)N(Cc1ccc(OC(F)(F)F)cc1)CC1(O)CCC2C34C=CC5(C=C3C(=O)c3ccc(OC)cc3)CC(O)CCC5(C)C4CCC21C. The zero-order valence-corrected chi connectivity index (χ0v) is 30.2. The summed E-state index contributed by atoms with van der Waals surface area (Å²) in [5, 5.41) is 23.8. The molecule has 280 valence electrons. The Morgan fingerprint density at radius 1 is 0.904 bits per heavy atom. The van der Waals surface area contributed by atoms with Crippen LogP contribution in [-0.2, 0) is 11.3 Å². The largest absolute Gasteiger partial charge is 0.573 e. The van der Waals surface area contributed by atoms with E-state index < -0.39 is 40.4 Å². The second kappa shape index (κ2) is 12.6. The molecule has 6 aliphatic carbocycles. The van der Waals surface area contributed by atoms with Crippen molar-refractivity contribution >= 4 is 11.9 Å². The molecule has 0 aromatic heterocycles. The van der Waals surface area contributed by atoms with Gasteiger partial charge in [-0.25, -0.2) is 4.79 Å². The molecule has 2 aromatic rings. The fourth-order valence-corrected chi connectivity index (χ4v) is 11.2. The van der Waals surface area contributed by atoms with Gasteiger partial charge in [-0.3, -0.25) is 4.79 Å². The number of aliphatic hydroxyl groups is 2. The Hall–Kier alpha value is -3.83. The maximum absolute atomic E-state index is 14.8. The van der Waals surface area contributed by atoms with Gasteiger partial charge in [-0.15, -0.1) is 13.2 Å². The summed E-state index contributed by atoms with van der Waals surface area (Å²) in [7, 11) is 1.58. The molecular weight excluding hydrogens is 675 g/mol. The van der Waals surface area contributed by atoms with Crippen LogP contribution in [0.3, 0.4) is 0 Å². The monoisotopic (exact) mass is 723 g/mol. The van der Waals surface area contributed by atoms with Crippen LogP contribution >= 0.6 is 0 Å². The molecule has 1 amide bonds. The van der Waals surface area contributed by atoms with Gasteiger partial charge in [0, 0.05) is 33.9 Å². The highest BCUT2D eigenvalue weighted by Gasteiger charge is 2.74. The molecule has 8 atom stereocenters. The van der Waals surface area contributed by atoms with Gasteiger partial charge in [-0.2, -0.15) is 0 Å². The van der Waals surface area contributed by atoms with E-state index in [1.807, 2.05) is 0 Å². The number of benzene rings is 2. The van der Waals surface area contributed by atoms with Gasteiger partial charge in [-0.1, -0.05) is 44.2 Å². The highest BCUT2D eigenvalue weighted by Crippen LogP contribution is 2.78. The van der Waals surface area contributed by atoms with E-state index in [1.54, 1.807) is 38.3 Å². The first kappa shape index (κ1) is 36.5. The predicted octanol–water partition coefficient (Wildman–Crippen LogP) is 8.03. The van der Waals surface area contributed by atoms with Crippen LogP contribution in [0.15, 0.2) is 72.3 Å². The average Bonchev–Trinajstić information content (AvgIpc) is 3.37. The minimum Gasteiger partial charge on any atom is -0.497 e. The van der Waals surface area contributed by atoms with Crippen LogP contribution in [0, 0.1) is 33.5 Å². The average molecular weight is 724 g/mol. The lowest BCUT2D eigenvalue weighted by atomic mass is 9.32. The summed E-state index contributed by atoms with van der Waals surface area (Å²) in [6.07, 6.45) is 5.22. The van der Waals surface area contributed by atoms with Gasteiger partial charge in [-0.05, 0) is 111 Å². The third-order valence-electron chi connectivity index (χ3n) is 13.8. The van der Waals surface area contributed by atoms with Gasteiger partial charge < -0.3 is 29.3 Å². The summed E-state index contributed by atoms with van der Waals surface area (Å²) in [6, 6.07) is 12.5. The van der Waals surface area contributed by atoms with Crippen LogP contribution in [0.2, 0.25) is 0 Å². The van der Waals surface area contributed by atoms with Gasteiger partial charge in [0.1, 0.15) is 11.5 Å². The van der Waals surface area contributed by atoms with Crippen molar-refractivity contribution in [1.82, 2.24) is 4.90 Å². The molecule has 11 heteroatoms. The predicted molar refractivity (Wildman–Crippen MR) is 186 cm³/mol. The first-order valence-corrected chi connectivity index (χ1v) is 18.3. The fraction of sp³-hybridized carbons (Fsp3) is 0.561. The summed E-state index contributed by atoms with van der Waals surface area (Å²) < 4.78 is 53.2. The molecule has 0 heterocycles. The van der Waals surface area contributed by atoms with E-state index in [2.05, 4.69) is 36.8 Å². The number of nitrogens with zero attached hydrogens (tertiary/aromatic N) is 1. The van der Waals surface area contributed by atoms with Crippen molar-refractivity contribution in [3.8, 4) is 11.5 Å². The Morgan fingerprint density at radius 2 is 1.54 bits per heavy atom. The molecule has 8 rings (SSSR count). The summed E-state index contributed by atoms with van der Waals surface area (Å²) in [5.41, 5.74) is -1.61. The minimum atomic E-state index is -4.83. The van der Waals surface area contributed by atoms with Crippen molar-refractivity contribution < 1.29 is 47.2 Å². The summed E-state index contributed by atoms with van der Waals surface area (Å²) in [6.45, 7) is 6.17. The van der Waals surface area contributed by atoms with Crippen LogP contribution in [0.4, 0.5) is 18.0 Å². The Balaban J connectivity index is 1.25. The lowest BCUT2D eigenvalue weighted by molar-refractivity contribution is -0.274. The van der Waals surface area contributed by atoms with Crippen molar-refractivity contribution in [1.29, 1.82) is 0 Å². The second-order valence-electron chi connectivity index (χ2n) is 16.1. The number of hydrogen-bond acceptors (Lipinski definition) is 7. The quantitative estimate of drug-likeness (QED) is 0.200. The van der Waals surface area contributed by atoms with E-state index in [9.17, 15) is 33.0 Å². The van der Waals surface area contributed by atoms with E-state index >= 15 is 0 Å². The third kappa shape index (κ3) is 5.56. The number of carbonyl (C=O) groups excluding carboxylic acids is 2. The Kier molecular flexibility index (Phi) is 8.88. The number of rotatable bonds is 9. The smallest absolute Gasteiger partial charge is 0.497 e. The number of Topliss-reactive ketones (excluding diaryl/α,β-unsaturated/α-hetero) is 1. The number of carbonyl (C=O) groups is 2. The molecule has 8 unspecified atom stereocenters. The van der Waals surface area contributed by atoms with E-state index in [4.69, 9.17) is 9.47 Å². The van der Waals surface area contributed by atoms with Crippen molar-refractivity contribution in [2.24, 2.45) is 33.5 Å². The lowest BCUT2D eigenvalue weighted by Gasteiger charge is -2.71. The van der Waals surface area contributed by atoms with Crippen LogP contribution in [-0.4, -0.2) is 65.3 Å². The molecule has 2 aromatic carbocycles. The molecule has 8 nitrogen and oxygen atoms in total. The number of aliphatic hydroxyl groups excluding tert-OH is 1. The number of alkyl halides is 3. The Morgan fingerprint density at radius 3 is 2.19 bits per heavy atom. The second-order valence-corrected chi connectivity index (χ2v) is 16.1. The molecule has 3 saturated carbocycles. The number of fused-ring (bicyclic) bond motifs is 1. The Labute approximate surface area is 302 Å². The molecular formula is C41H48F3NO7. The lowest BCUT2D eigenvalue weighted by Crippen LogP contribution is -2.67. The van der Waals surface area contributed by atoms with E-state index in [0.717, 1.165) is 18.4 Å². The highest BCUT2D eigenvalue weighted by atomic mass is 19.4. The number of allylic oxidation sites excluding steroid dienone is 4. The van der Waals surface area contributed by atoms with Gasteiger partial charge in [0.2, 0.25) is 0 Å². The van der Waals surface area contributed by atoms with Crippen molar-refractivity contribution in [3.05, 3.63) is 83.5 Å². The topological polar surface area (TPSA) is 106 Å². The van der Waals surface area contributed by atoms with Crippen LogP contribution in [0.1, 0.15) is 81.6 Å². The van der Waals surface area contributed by atoms with E-state index in [0.29, 0.717) is 49.0 Å². The number of ether oxygens (including phenoxy) is 3.